The van der Waals surface area contributed by atoms with E-state index in [4.69, 9.17) is 0 Å². The molecule has 0 aliphatic carbocycles. The maximum absolute atomic E-state index is 12.6. The van der Waals surface area contributed by atoms with Gasteiger partial charge in [0, 0.05) is 31.5 Å². The van der Waals surface area contributed by atoms with Crippen LogP contribution < -0.4 is 5.32 Å². The van der Waals surface area contributed by atoms with Crippen molar-refractivity contribution < 1.29 is 4.79 Å². The Hall–Kier alpha value is -2.85. The first kappa shape index (κ1) is 18.5. The molecule has 1 aliphatic rings. The average Bonchev–Trinajstić information content (AvgIpc) is 3.18. The zero-order valence-electron chi connectivity index (χ0n) is 16.3. The van der Waals surface area contributed by atoms with Crippen LogP contribution in [0.1, 0.15) is 28.4 Å². The van der Waals surface area contributed by atoms with Crippen LogP contribution in [-0.2, 0) is 17.8 Å². The topological polar surface area (TPSA) is 37.3 Å². The number of benzene rings is 2. The van der Waals surface area contributed by atoms with Gasteiger partial charge in [0.25, 0.3) is 0 Å². The molecule has 0 saturated heterocycles. The zero-order valence-corrected chi connectivity index (χ0v) is 16.3. The monoisotopic (exact) mass is 373 g/mol. The van der Waals surface area contributed by atoms with Crippen LogP contribution in [0.15, 0.2) is 72.9 Å². The lowest BCUT2D eigenvalue weighted by Crippen LogP contribution is -2.44. The van der Waals surface area contributed by atoms with Crippen molar-refractivity contribution in [1.29, 1.82) is 0 Å². The fourth-order valence-electron chi connectivity index (χ4n) is 3.96. The predicted molar refractivity (Wildman–Crippen MR) is 112 cm³/mol. The Morgan fingerprint density at radius 2 is 1.79 bits per heavy atom. The van der Waals surface area contributed by atoms with Crippen molar-refractivity contribution in [3.63, 3.8) is 0 Å². The summed E-state index contributed by atoms with van der Waals surface area (Å²) in [6.07, 6.45) is 2.99. The van der Waals surface area contributed by atoms with Gasteiger partial charge in [0.15, 0.2) is 0 Å². The molecule has 1 aliphatic heterocycles. The van der Waals surface area contributed by atoms with E-state index in [1.165, 1.54) is 22.4 Å². The van der Waals surface area contributed by atoms with Crippen molar-refractivity contribution in [3.8, 4) is 0 Å². The molecule has 2 heterocycles. The second-order valence-corrected chi connectivity index (χ2v) is 7.50. The first-order valence-electron chi connectivity index (χ1n) is 9.97. The minimum absolute atomic E-state index is 0.0908. The second kappa shape index (κ2) is 8.44. The molecule has 4 heteroatoms. The highest BCUT2D eigenvalue weighted by Crippen LogP contribution is 2.32. The van der Waals surface area contributed by atoms with Crippen molar-refractivity contribution >= 4 is 5.91 Å². The van der Waals surface area contributed by atoms with Crippen LogP contribution in [0.3, 0.4) is 0 Å². The fraction of sp³-hybridized carbons (Fsp3) is 0.292. The van der Waals surface area contributed by atoms with Crippen molar-refractivity contribution in [2.45, 2.75) is 25.9 Å². The van der Waals surface area contributed by atoms with Gasteiger partial charge in [-0.25, -0.2) is 0 Å². The summed E-state index contributed by atoms with van der Waals surface area (Å²) in [7, 11) is 0. The Balaban J connectivity index is 1.43. The first-order chi connectivity index (χ1) is 13.7. The normalized spacial score (nSPS) is 16.5. The quantitative estimate of drug-likeness (QED) is 0.717. The van der Waals surface area contributed by atoms with Gasteiger partial charge in [-0.1, -0.05) is 60.2 Å². The van der Waals surface area contributed by atoms with E-state index < -0.39 is 0 Å². The Labute approximate surface area is 166 Å². The number of carbonyl (C=O) groups excluding carboxylic acids is 1. The molecule has 4 rings (SSSR count). The Kier molecular flexibility index (Phi) is 5.58. The summed E-state index contributed by atoms with van der Waals surface area (Å²) < 4.78 is 2.30. The third kappa shape index (κ3) is 4.18. The number of hydrogen-bond donors (Lipinski definition) is 1. The van der Waals surface area contributed by atoms with Crippen LogP contribution >= 0.6 is 0 Å². The van der Waals surface area contributed by atoms with Crippen molar-refractivity contribution in [2.75, 3.05) is 19.6 Å². The molecule has 4 nitrogen and oxygen atoms in total. The van der Waals surface area contributed by atoms with E-state index >= 15 is 0 Å². The highest BCUT2D eigenvalue weighted by atomic mass is 16.2. The Morgan fingerprint density at radius 3 is 2.57 bits per heavy atom. The maximum Gasteiger partial charge on any atom is 0.234 e. The van der Waals surface area contributed by atoms with Crippen molar-refractivity contribution in [2.24, 2.45) is 0 Å². The van der Waals surface area contributed by atoms with Crippen LogP contribution in [0.25, 0.3) is 0 Å². The minimum Gasteiger partial charge on any atom is -0.355 e. The number of nitrogens with one attached hydrogen (secondary N) is 1. The van der Waals surface area contributed by atoms with Gasteiger partial charge < -0.3 is 9.88 Å². The third-order valence-corrected chi connectivity index (χ3v) is 5.46. The van der Waals surface area contributed by atoms with Gasteiger partial charge in [0.05, 0.1) is 12.6 Å². The molecule has 1 unspecified atom stereocenters. The van der Waals surface area contributed by atoms with E-state index in [0.29, 0.717) is 13.1 Å². The highest BCUT2D eigenvalue weighted by Gasteiger charge is 2.29. The number of carbonyl (C=O) groups is 1. The number of amides is 1. The lowest BCUT2D eigenvalue weighted by atomic mass is 9.99. The Bertz CT molecular complexity index is 915. The average molecular weight is 374 g/mol. The molecule has 1 aromatic heterocycles. The molecule has 0 radical (unpaired) electrons. The molecule has 1 amide bonds. The van der Waals surface area contributed by atoms with Crippen LogP contribution in [-0.4, -0.2) is 35.0 Å². The standard InChI is InChI=1S/C24H27N3O/c1-19-9-11-21(12-10-19)24-22-8-5-15-26(22)16-17-27(24)18-23(28)25-14-13-20-6-3-2-4-7-20/h2-12,15,24H,13-14,16-18H2,1H3,(H,25,28). The van der Waals surface area contributed by atoms with Gasteiger partial charge >= 0.3 is 0 Å². The van der Waals surface area contributed by atoms with E-state index in [-0.39, 0.29) is 11.9 Å². The van der Waals surface area contributed by atoms with Crippen LogP contribution in [0.2, 0.25) is 0 Å². The molecular weight excluding hydrogens is 346 g/mol. The van der Waals surface area contributed by atoms with Gasteiger partial charge in [-0.3, -0.25) is 9.69 Å². The van der Waals surface area contributed by atoms with E-state index in [1.54, 1.807) is 0 Å². The highest BCUT2D eigenvalue weighted by molar-refractivity contribution is 5.78. The maximum atomic E-state index is 12.6. The molecule has 0 bridgehead atoms. The summed E-state index contributed by atoms with van der Waals surface area (Å²) in [5.74, 6) is 0.0908. The van der Waals surface area contributed by atoms with Crippen molar-refractivity contribution in [1.82, 2.24) is 14.8 Å². The van der Waals surface area contributed by atoms with Crippen LogP contribution in [0.5, 0.6) is 0 Å². The smallest absolute Gasteiger partial charge is 0.234 e. The van der Waals surface area contributed by atoms with Crippen LogP contribution in [0.4, 0.5) is 0 Å². The first-order valence-corrected chi connectivity index (χ1v) is 9.97. The van der Waals surface area contributed by atoms with Gasteiger partial charge in [-0.15, -0.1) is 0 Å². The number of hydrogen-bond acceptors (Lipinski definition) is 2. The summed E-state index contributed by atoms with van der Waals surface area (Å²) in [5, 5.41) is 3.09. The Morgan fingerprint density at radius 1 is 1.00 bits per heavy atom. The molecule has 144 valence electrons. The number of aryl methyl sites for hydroxylation is 1. The molecule has 3 aromatic rings. The summed E-state index contributed by atoms with van der Waals surface area (Å²) in [5.41, 5.74) is 4.99. The largest absolute Gasteiger partial charge is 0.355 e. The predicted octanol–water partition coefficient (Wildman–Crippen LogP) is 3.56. The molecule has 1 atom stereocenters. The van der Waals surface area contributed by atoms with Gasteiger partial charge in [0.1, 0.15) is 0 Å². The molecule has 0 fully saturated rings. The van der Waals surface area contributed by atoms with Gasteiger partial charge in [-0.2, -0.15) is 0 Å². The van der Waals surface area contributed by atoms with Gasteiger partial charge in [0.2, 0.25) is 5.91 Å². The molecule has 0 spiro atoms. The molecule has 0 saturated carbocycles. The summed E-state index contributed by atoms with van der Waals surface area (Å²) in [6, 6.07) is 23.3. The van der Waals surface area contributed by atoms with E-state index in [2.05, 4.69) is 76.4 Å². The number of aromatic nitrogens is 1. The minimum atomic E-state index is 0.0908. The number of rotatable bonds is 6. The second-order valence-electron chi connectivity index (χ2n) is 7.50. The molecule has 1 N–H and O–H groups in total. The lowest BCUT2D eigenvalue weighted by Gasteiger charge is -2.37. The van der Waals surface area contributed by atoms with E-state index in [0.717, 1.165) is 19.5 Å². The lowest BCUT2D eigenvalue weighted by molar-refractivity contribution is -0.122. The van der Waals surface area contributed by atoms with E-state index in [9.17, 15) is 4.79 Å². The zero-order chi connectivity index (χ0) is 19.3. The van der Waals surface area contributed by atoms with Gasteiger partial charge in [-0.05, 0) is 36.6 Å². The molecule has 2 aromatic carbocycles. The summed E-state index contributed by atoms with van der Waals surface area (Å²) >= 11 is 0. The summed E-state index contributed by atoms with van der Waals surface area (Å²) in [6.45, 7) is 4.97. The summed E-state index contributed by atoms with van der Waals surface area (Å²) in [4.78, 5) is 14.9. The number of nitrogens with zero attached hydrogens (tertiary/aromatic N) is 2. The molecular formula is C24H27N3O. The van der Waals surface area contributed by atoms with Crippen LogP contribution in [0, 0.1) is 6.92 Å². The third-order valence-electron chi connectivity index (χ3n) is 5.46. The van der Waals surface area contributed by atoms with Crippen molar-refractivity contribution in [3.05, 3.63) is 95.3 Å². The number of fused-ring (bicyclic) bond motifs is 1. The SMILES string of the molecule is Cc1ccc(C2c3cccn3CCN2CC(=O)NCCc2ccccc2)cc1. The van der Waals surface area contributed by atoms with E-state index in [1.807, 2.05) is 18.2 Å². The molecule has 28 heavy (non-hydrogen) atoms. The fourth-order valence-corrected chi connectivity index (χ4v) is 3.96.